The average Bonchev–Trinajstić information content (AvgIpc) is 2.45. The number of hydrogen-bond donors (Lipinski definition) is 1. The fourth-order valence-corrected chi connectivity index (χ4v) is 1.52. The molecule has 0 aromatic heterocycles. The molecule has 7 nitrogen and oxygen atoms in total. The second-order valence-electron chi connectivity index (χ2n) is 4.05. The van der Waals surface area contributed by atoms with E-state index in [0.29, 0.717) is 0 Å². The van der Waals surface area contributed by atoms with Crippen LogP contribution in [0.1, 0.15) is 10.4 Å². The molecule has 21 heavy (non-hydrogen) atoms. The van der Waals surface area contributed by atoms with Crippen LogP contribution in [0.2, 0.25) is 0 Å². The molecule has 0 saturated heterocycles. The molecule has 0 aliphatic heterocycles. The summed E-state index contributed by atoms with van der Waals surface area (Å²) in [4.78, 5) is 35.6. The van der Waals surface area contributed by atoms with E-state index in [4.69, 9.17) is 5.73 Å². The highest BCUT2D eigenvalue weighted by molar-refractivity contribution is 5.98. The Labute approximate surface area is 120 Å². The number of carbonyl (C=O) groups excluding carboxylic acids is 3. The van der Waals surface area contributed by atoms with E-state index in [-0.39, 0.29) is 11.3 Å². The van der Waals surface area contributed by atoms with Crippen LogP contribution >= 0.6 is 0 Å². The Morgan fingerprint density at radius 3 is 2.10 bits per heavy atom. The van der Waals surface area contributed by atoms with E-state index < -0.39 is 36.8 Å². The Morgan fingerprint density at radius 1 is 1.14 bits per heavy atom. The lowest BCUT2D eigenvalue weighted by atomic mass is 10.1. The van der Waals surface area contributed by atoms with E-state index in [9.17, 15) is 18.8 Å². The van der Waals surface area contributed by atoms with Crippen LogP contribution in [0.5, 0.6) is 0 Å². The van der Waals surface area contributed by atoms with Gasteiger partial charge in [0.2, 0.25) is 0 Å². The van der Waals surface area contributed by atoms with Gasteiger partial charge in [0, 0.05) is 5.69 Å². The highest BCUT2D eigenvalue weighted by atomic mass is 19.1. The van der Waals surface area contributed by atoms with Crippen molar-refractivity contribution in [3.05, 3.63) is 29.6 Å². The summed E-state index contributed by atoms with van der Waals surface area (Å²) in [5.41, 5.74) is 5.24. The van der Waals surface area contributed by atoms with E-state index in [2.05, 4.69) is 9.47 Å². The van der Waals surface area contributed by atoms with Crippen LogP contribution in [-0.4, -0.2) is 50.1 Å². The van der Waals surface area contributed by atoms with Gasteiger partial charge in [-0.25, -0.2) is 4.39 Å². The molecule has 0 heterocycles. The van der Waals surface area contributed by atoms with Gasteiger partial charge in [0.25, 0.3) is 5.91 Å². The van der Waals surface area contributed by atoms with Crippen molar-refractivity contribution < 1.29 is 28.2 Å². The molecule has 0 aliphatic carbocycles. The zero-order valence-corrected chi connectivity index (χ0v) is 11.6. The highest BCUT2D eigenvalue weighted by Crippen LogP contribution is 2.14. The first kappa shape index (κ1) is 16.4. The third-order valence-electron chi connectivity index (χ3n) is 2.61. The molecule has 1 aromatic rings. The Balaban J connectivity index is 3.02. The third kappa shape index (κ3) is 4.44. The van der Waals surface area contributed by atoms with Gasteiger partial charge in [0.1, 0.15) is 18.9 Å². The zero-order valence-electron chi connectivity index (χ0n) is 11.6. The number of nitrogen functional groups attached to an aromatic ring is 1. The number of nitrogens with zero attached hydrogens (tertiary/aromatic N) is 1. The second kappa shape index (κ2) is 7.22. The van der Waals surface area contributed by atoms with Gasteiger partial charge >= 0.3 is 11.9 Å². The van der Waals surface area contributed by atoms with Gasteiger partial charge in [-0.2, -0.15) is 0 Å². The summed E-state index contributed by atoms with van der Waals surface area (Å²) >= 11 is 0. The predicted octanol–water partition coefficient (Wildman–Crippen LogP) is 0.196. The predicted molar refractivity (Wildman–Crippen MR) is 70.7 cm³/mol. The van der Waals surface area contributed by atoms with E-state index in [1.807, 2.05) is 0 Å². The molecule has 0 atom stereocenters. The summed E-state index contributed by atoms with van der Waals surface area (Å²) in [6, 6.07) is 3.49. The minimum absolute atomic E-state index is 0.150. The summed E-state index contributed by atoms with van der Waals surface area (Å²) in [6.07, 6.45) is 0. The van der Waals surface area contributed by atoms with Gasteiger partial charge < -0.3 is 20.1 Å². The van der Waals surface area contributed by atoms with Crippen molar-refractivity contribution in [2.75, 3.05) is 33.0 Å². The van der Waals surface area contributed by atoms with Gasteiger partial charge in [-0.1, -0.05) is 0 Å². The topological polar surface area (TPSA) is 98.9 Å². The monoisotopic (exact) mass is 298 g/mol. The molecule has 0 bridgehead atoms. The quantitative estimate of drug-likeness (QED) is 0.615. The number of benzene rings is 1. The molecule has 0 spiro atoms. The normalized spacial score (nSPS) is 9.86. The second-order valence-corrected chi connectivity index (χ2v) is 4.05. The molecule has 1 aromatic carbocycles. The molecule has 0 fully saturated rings. The van der Waals surface area contributed by atoms with Crippen molar-refractivity contribution in [3.8, 4) is 0 Å². The first-order valence-corrected chi connectivity index (χ1v) is 5.87. The maximum absolute atomic E-state index is 13.7. The van der Waals surface area contributed by atoms with E-state index in [1.165, 1.54) is 12.1 Å². The molecule has 1 amide bonds. The molecular weight excluding hydrogens is 283 g/mol. The molecule has 2 N–H and O–H groups in total. The van der Waals surface area contributed by atoms with Gasteiger partial charge in [-0.05, 0) is 18.2 Å². The summed E-state index contributed by atoms with van der Waals surface area (Å²) in [7, 11) is 2.26. The SMILES string of the molecule is COC(=O)CN(CC(=O)OC)C(=O)c1ccc(N)cc1F. The van der Waals surface area contributed by atoms with Crippen molar-refractivity contribution in [1.29, 1.82) is 0 Å². The van der Waals surface area contributed by atoms with Crippen molar-refractivity contribution in [3.63, 3.8) is 0 Å². The number of anilines is 1. The Morgan fingerprint density at radius 2 is 1.67 bits per heavy atom. The largest absolute Gasteiger partial charge is 0.468 e. The van der Waals surface area contributed by atoms with Crippen LogP contribution in [0.15, 0.2) is 18.2 Å². The lowest BCUT2D eigenvalue weighted by Crippen LogP contribution is -2.40. The number of rotatable bonds is 5. The van der Waals surface area contributed by atoms with Crippen LogP contribution in [0.3, 0.4) is 0 Å². The highest BCUT2D eigenvalue weighted by Gasteiger charge is 2.24. The molecule has 0 unspecified atom stereocenters. The number of methoxy groups -OCH3 is 2. The summed E-state index contributed by atoms with van der Waals surface area (Å²) < 4.78 is 22.6. The lowest BCUT2D eigenvalue weighted by Gasteiger charge is -2.20. The van der Waals surface area contributed by atoms with Gasteiger partial charge in [-0.3, -0.25) is 14.4 Å². The molecule has 0 aliphatic rings. The fourth-order valence-electron chi connectivity index (χ4n) is 1.52. The first-order valence-electron chi connectivity index (χ1n) is 5.87. The number of hydrogen-bond acceptors (Lipinski definition) is 6. The van der Waals surface area contributed by atoms with E-state index in [0.717, 1.165) is 25.2 Å². The van der Waals surface area contributed by atoms with Crippen LogP contribution in [0, 0.1) is 5.82 Å². The third-order valence-corrected chi connectivity index (χ3v) is 2.61. The number of esters is 2. The van der Waals surface area contributed by atoms with Crippen molar-refractivity contribution in [2.45, 2.75) is 0 Å². The number of amides is 1. The number of nitrogens with two attached hydrogens (primary N) is 1. The van der Waals surface area contributed by atoms with Gasteiger partial charge in [0.15, 0.2) is 0 Å². The molecule has 0 radical (unpaired) electrons. The molecule has 8 heteroatoms. The Hall–Kier alpha value is -2.64. The molecular formula is C13H15FN2O5. The average molecular weight is 298 g/mol. The minimum atomic E-state index is -0.847. The van der Waals surface area contributed by atoms with Crippen LogP contribution < -0.4 is 5.73 Å². The summed E-state index contributed by atoms with van der Waals surface area (Å²) in [5.74, 6) is -3.19. The van der Waals surface area contributed by atoms with E-state index >= 15 is 0 Å². The Kier molecular flexibility index (Phi) is 5.65. The van der Waals surface area contributed by atoms with Gasteiger partial charge in [-0.15, -0.1) is 0 Å². The van der Waals surface area contributed by atoms with Crippen molar-refractivity contribution in [2.24, 2.45) is 0 Å². The maximum Gasteiger partial charge on any atom is 0.325 e. The molecule has 114 valence electrons. The van der Waals surface area contributed by atoms with Crippen molar-refractivity contribution in [1.82, 2.24) is 4.90 Å². The Bertz CT molecular complexity index is 543. The lowest BCUT2D eigenvalue weighted by molar-refractivity contribution is -0.144. The van der Waals surface area contributed by atoms with Gasteiger partial charge in [0.05, 0.1) is 19.8 Å². The zero-order chi connectivity index (χ0) is 16.0. The van der Waals surface area contributed by atoms with Crippen LogP contribution in [-0.2, 0) is 19.1 Å². The smallest absolute Gasteiger partial charge is 0.325 e. The minimum Gasteiger partial charge on any atom is -0.468 e. The number of carbonyl (C=O) groups is 3. The fraction of sp³-hybridized carbons (Fsp3) is 0.308. The molecule has 1 rings (SSSR count). The molecule has 0 saturated carbocycles. The first-order chi connectivity index (χ1) is 9.88. The van der Waals surface area contributed by atoms with Crippen LogP contribution in [0.25, 0.3) is 0 Å². The van der Waals surface area contributed by atoms with E-state index in [1.54, 1.807) is 0 Å². The van der Waals surface area contributed by atoms with Crippen LogP contribution in [0.4, 0.5) is 10.1 Å². The van der Waals surface area contributed by atoms with Crippen molar-refractivity contribution >= 4 is 23.5 Å². The standard InChI is InChI=1S/C13H15FN2O5/c1-20-11(17)6-16(7-12(18)21-2)13(19)9-4-3-8(15)5-10(9)14/h3-5H,6-7,15H2,1-2H3. The maximum atomic E-state index is 13.7. The number of halogens is 1. The summed E-state index contributed by atoms with van der Waals surface area (Å²) in [6.45, 7) is -1.01. The number of ether oxygens (including phenoxy) is 2. The summed E-state index contributed by atoms with van der Waals surface area (Å²) in [5, 5.41) is 0.